The Balaban J connectivity index is 1.62. The summed E-state index contributed by atoms with van der Waals surface area (Å²) in [5.41, 5.74) is 6.78. The molecular weight excluding hydrogens is 442 g/mol. The number of anilines is 1. The Morgan fingerprint density at radius 3 is 2.54 bits per heavy atom. The maximum Gasteiger partial charge on any atom is 0.303 e. The molecule has 7 heteroatoms. The van der Waals surface area contributed by atoms with Gasteiger partial charge in [-0.1, -0.05) is 37.3 Å². The number of rotatable bonds is 8. The molecule has 1 atom stereocenters. The van der Waals surface area contributed by atoms with Crippen LogP contribution in [-0.2, 0) is 16.0 Å². The molecule has 0 saturated carbocycles. The molecule has 2 aromatic carbocycles. The average Bonchev–Trinajstić information content (AvgIpc) is 3.30. The van der Waals surface area contributed by atoms with Gasteiger partial charge >= 0.3 is 5.97 Å². The van der Waals surface area contributed by atoms with E-state index in [-0.39, 0.29) is 24.3 Å². The highest BCUT2D eigenvalue weighted by molar-refractivity contribution is 6.35. The summed E-state index contributed by atoms with van der Waals surface area (Å²) in [5, 5.41) is 15.0. The molecule has 0 saturated heterocycles. The van der Waals surface area contributed by atoms with Gasteiger partial charge in [0.15, 0.2) is 0 Å². The van der Waals surface area contributed by atoms with Gasteiger partial charge in [0.1, 0.15) is 0 Å². The van der Waals surface area contributed by atoms with E-state index >= 15 is 0 Å². The van der Waals surface area contributed by atoms with E-state index in [4.69, 9.17) is 5.11 Å². The van der Waals surface area contributed by atoms with Gasteiger partial charge in [-0.05, 0) is 67.7 Å². The molecule has 2 heterocycles. The molecule has 3 aromatic rings. The molecule has 1 aliphatic rings. The second-order valence-electron chi connectivity index (χ2n) is 8.78. The van der Waals surface area contributed by atoms with Crippen molar-refractivity contribution in [3.63, 3.8) is 0 Å². The minimum atomic E-state index is -0.850. The molecule has 0 fully saturated rings. The van der Waals surface area contributed by atoms with E-state index in [1.807, 2.05) is 51.1 Å². The van der Waals surface area contributed by atoms with E-state index in [1.165, 1.54) is 0 Å². The van der Waals surface area contributed by atoms with Crippen molar-refractivity contribution in [3.8, 4) is 0 Å². The maximum absolute atomic E-state index is 13.1. The second-order valence-corrected chi connectivity index (χ2v) is 8.78. The van der Waals surface area contributed by atoms with E-state index in [0.29, 0.717) is 28.8 Å². The van der Waals surface area contributed by atoms with E-state index in [2.05, 4.69) is 15.6 Å². The van der Waals surface area contributed by atoms with Crippen LogP contribution in [0.15, 0.2) is 48.5 Å². The number of aryl methyl sites for hydroxylation is 1. The van der Waals surface area contributed by atoms with Gasteiger partial charge in [-0.25, -0.2) is 0 Å². The van der Waals surface area contributed by atoms with Gasteiger partial charge in [-0.15, -0.1) is 0 Å². The monoisotopic (exact) mass is 471 g/mol. The number of hydrogen-bond acceptors (Lipinski definition) is 3. The number of aromatic amines is 1. The number of carboxylic acid groups (broad SMARTS) is 1. The average molecular weight is 472 g/mol. The van der Waals surface area contributed by atoms with E-state index < -0.39 is 5.97 Å². The van der Waals surface area contributed by atoms with Gasteiger partial charge in [-0.2, -0.15) is 0 Å². The first kappa shape index (κ1) is 24.0. The van der Waals surface area contributed by atoms with Crippen LogP contribution in [0, 0.1) is 13.8 Å². The predicted molar refractivity (Wildman–Crippen MR) is 136 cm³/mol. The normalized spacial score (nSPS) is 14.5. The smallest absolute Gasteiger partial charge is 0.303 e. The summed E-state index contributed by atoms with van der Waals surface area (Å²) in [5.74, 6) is -1.30. The third-order valence-electron chi connectivity index (χ3n) is 6.49. The minimum Gasteiger partial charge on any atom is -0.481 e. The number of carboxylic acids is 1. The first-order chi connectivity index (χ1) is 16.8. The molecule has 0 aliphatic carbocycles. The number of amides is 2. The van der Waals surface area contributed by atoms with Gasteiger partial charge in [-0.3, -0.25) is 14.4 Å². The summed E-state index contributed by atoms with van der Waals surface area (Å²) in [6.45, 7) is 5.84. The lowest BCUT2D eigenvalue weighted by molar-refractivity contribution is -0.137. The largest absolute Gasteiger partial charge is 0.481 e. The van der Waals surface area contributed by atoms with Crippen LogP contribution >= 0.6 is 0 Å². The fourth-order valence-electron chi connectivity index (χ4n) is 4.53. The van der Waals surface area contributed by atoms with Crippen molar-refractivity contribution in [2.75, 3.05) is 5.32 Å². The first-order valence-corrected chi connectivity index (χ1v) is 11.7. The summed E-state index contributed by atoms with van der Waals surface area (Å²) in [4.78, 5) is 40.1. The van der Waals surface area contributed by atoms with Crippen molar-refractivity contribution in [2.24, 2.45) is 0 Å². The minimum absolute atomic E-state index is 0.0407. The van der Waals surface area contributed by atoms with Crippen LogP contribution < -0.4 is 10.6 Å². The van der Waals surface area contributed by atoms with Crippen molar-refractivity contribution in [1.29, 1.82) is 0 Å². The number of nitrogens with one attached hydrogen (secondary N) is 3. The Bertz CT molecular complexity index is 1320. The van der Waals surface area contributed by atoms with Crippen LogP contribution in [0.1, 0.15) is 69.8 Å². The zero-order chi connectivity index (χ0) is 25.1. The van der Waals surface area contributed by atoms with Gasteiger partial charge in [0.2, 0.25) is 0 Å². The molecule has 1 aromatic heterocycles. The van der Waals surface area contributed by atoms with Crippen LogP contribution in [0.25, 0.3) is 11.6 Å². The third kappa shape index (κ3) is 5.04. The van der Waals surface area contributed by atoms with Crippen LogP contribution in [0.2, 0.25) is 0 Å². The highest BCUT2D eigenvalue weighted by Crippen LogP contribution is 2.35. The topological polar surface area (TPSA) is 111 Å². The first-order valence-electron chi connectivity index (χ1n) is 11.7. The number of aliphatic carboxylic acids is 1. The quantitative estimate of drug-likeness (QED) is 0.346. The van der Waals surface area contributed by atoms with Crippen LogP contribution in [-0.4, -0.2) is 27.9 Å². The van der Waals surface area contributed by atoms with Crippen molar-refractivity contribution < 1.29 is 19.5 Å². The van der Waals surface area contributed by atoms with Crippen LogP contribution in [0.4, 0.5) is 5.69 Å². The molecule has 0 radical (unpaired) electrons. The standard InChI is InChI=1S/C28H29N3O4/c1-4-23(18-8-6-5-7-9-18)30-27(34)19-10-12-24-21(14-19)22(28(35)31-24)15-25-16(2)20(17(3)29-25)11-13-26(32)33/h5-10,12,14-15,23,29H,4,11,13H2,1-3H3,(H,30,34)(H,31,35)(H,32,33). The Morgan fingerprint density at radius 1 is 1.11 bits per heavy atom. The lowest BCUT2D eigenvalue weighted by Crippen LogP contribution is -2.28. The number of aromatic nitrogens is 1. The van der Waals surface area contributed by atoms with Crippen molar-refractivity contribution in [2.45, 2.75) is 46.1 Å². The molecule has 0 bridgehead atoms. The van der Waals surface area contributed by atoms with Crippen molar-refractivity contribution in [3.05, 3.63) is 87.7 Å². The molecule has 2 amide bonds. The molecule has 35 heavy (non-hydrogen) atoms. The molecule has 1 aliphatic heterocycles. The zero-order valence-electron chi connectivity index (χ0n) is 20.1. The van der Waals surface area contributed by atoms with E-state index in [9.17, 15) is 14.4 Å². The second kappa shape index (κ2) is 10.0. The molecule has 1 unspecified atom stereocenters. The Morgan fingerprint density at radius 2 is 1.86 bits per heavy atom. The summed E-state index contributed by atoms with van der Waals surface area (Å²) in [6, 6.07) is 14.9. The van der Waals surface area contributed by atoms with Gasteiger partial charge in [0.05, 0.1) is 11.6 Å². The maximum atomic E-state index is 13.1. The number of carbonyl (C=O) groups is 3. The fraction of sp³-hybridized carbons (Fsp3) is 0.250. The van der Waals surface area contributed by atoms with Crippen LogP contribution in [0.3, 0.4) is 0 Å². The number of benzene rings is 2. The number of fused-ring (bicyclic) bond motifs is 1. The Kier molecular flexibility index (Phi) is 6.87. The number of hydrogen-bond donors (Lipinski definition) is 4. The van der Waals surface area contributed by atoms with Gasteiger partial charge in [0, 0.05) is 34.6 Å². The summed E-state index contributed by atoms with van der Waals surface area (Å²) in [6.07, 6.45) is 2.98. The zero-order valence-corrected chi connectivity index (χ0v) is 20.1. The number of carbonyl (C=O) groups excluding carboxylic acids is 2. The Labute approximate surface area is 204 Å². The molecule has 180 valence electrons. The van der Waals surface area contributed by atoms with Crippen molar-refractivity contribution in [1.82, 2.24) is 10.3 Å². The summed E-state index contributed by atoms with van der Waals surface area (Å²) in [7, 11) is 0. The number of H-pyrrole nitrogens is 1. The summed E-state index contributed by atoms with van der Waals surface area (Å²) >= 11 is 0. The van der Waals surface area contributed by atoms with Gasteiger partial charge < -0.3 is 20.7 Å². The predicted octanol–water partition coefficient (Wildman–Crippen LogP) is 5.02. The molecule has 4 N–H and O–H groups in total. The van der Waals surface area contributed by atoms with E-state index in [1.54, 1.807) is 24.3 Å². The SMILES string of the molecule is CCC(NC(=O)c1ccc2c(c1)C(=Cc1[nH]c(C)c(CCC(=O)O)c1C)C(=O)N2)c1ccccc1. The molecule has 0 spiro atoms. The molecular formula is C28H29N3O4. The third-order valence-corrected chi connectivity index (χ3v) is 6.49. The summed E-state index contributed by atoms with van der Waals surface area (Å²) < 4.78 is 0. The Hall–Kier alpha value is -4.13. The van der Waals surface area contributed by atoms with Crippen molar-refractivity contribution >= 4 is 35.1 Å². The molecule has 7 nitrogen and oxygen atoms in total. The van der Waals surface area contributed by atoms with Gasteiger partial charge in [0.25, 0.3) is 11.8 Å². The fourth-order valence-corrected chi connectivity index (χ4v) is 4.53. The van der Waals surface area contributed by atoms with E-state index in [0.717, 1.165) is 34.5 Å². The lowest BCUT2D eigenvalue weighted by Gasteiger charge is -2.17. The highest BCUT2D eigenvalue weighted by atomic mass is 16.4. The highest BCUT2D eigenvalue weighted by Gasteiger charge is 2.26. The molecule has 4 rings (SSSR count). The van der Waals surface area contributed by atoms with Crippen LogP contribution in [0.5, 0.6) is 0 Å². The lowest BCUT2D eigenvalue weighted by atomic mass is 10.00.